The highest BCUT2D eigenvalue weighted by Gasteiger charge is 1.98. The van der Waals surface area contributed by atoms with E-state index >= 15 is 0 Å². The molecule has 0 unspecified atom stereocenters. The average Bonchev–Trinajstić information content (AvgIpc) is 2.27. The fraction of sp³-hybridized carbons (Fsp3) is 0.182. The zero-order chi connectivity index (χ0) is 12.7. The van der Waals surface area contributed by atoms with Gasteiger partial charge in [-0.25, -0.2) is 0 Å². The van der Waals surface area contributed by atoms with Crippen molar-refractivity contribution in [2.24, 2.45) is 21.7 Å². The number of carboxylic acid groups (broad SMARTS) is 1. The van der Waals surface area contributed by atoms with E-state index in [4.69, 9.17) is 16.6 Å². The second kappa shape index (κ2) is 8.08. The Bertz CT molecular complexity index is 439. The minimum Gasteiger partial charge on any atom is -0.481 e. The van der Waals surface area contributed by atoms with Gasteiger partial charge in [-0.2, -0.15) is 5.10 Å². The highest BCUT2D eigenvalue weighted by Crippen LogP contribution is 2.05. The highest BCUT2D eigenvalue weighted by atomic mass is 35.5. The molecule has 18 heavy (non-hydrogen) atoms. The smallest absolute Gasteiger partial charge is 0.303 e. The van der Waals surface area contributed by atoms with Gasteiger partial charge in [-0.15, -0.1) is 17.5 Å². The van der Waals surface area contributed by atoms with Crippen molar-refractivity contribution in [2.45, 2.75) is 12.8 Å². The summed E-state index contributed by atoms with van der Waals surface area (Å²) < 4.78 is 0. The van der Waals surface area contributed by atoms with Crippen LogP contribution in [0.2, 0.25) is 0 Å². The van der Waals surface area contributed by atoms with Crippen molar-refractivity contribution in [1.82, 2.24) is 0 Å². The molecule has 0 fully saturated rings. The van der Waals surface area contributed by atoms with Crippen molar-refractivity contribution in [3.63, 3.8) is 0 Å². The first-order valence-corrected chi connectivity index (χ1v) is 5.00. The van der Waals surface area contributed by atoms with Gasteiger partial charge in [0.25, 0.3) is 0 Å². The Balaban J connectivity index is 0.00000289. The Hall–Kier alpha value is -2.08. The van der Waals surface area contributed by atoms with Crippen molar-refractivity contribution in [3.8, 4) is 0 Å². The maximum Gasteiger partial charge on any atom is 0.303 e. The van der Waals surface area contributed by atoms with Gasteiger partial charge in [0, 0.05) is 6.42 Å². The summed E-state index contributed by atoms with van der Waals surface area (Å²) in [4.78, 5) is 10.4. The van der Waals surface area contributed by atoms with Crippen LogP contribution in [0.4, 0.5) is 0 Å². The Labute approximate surface area is 111 Å². The van der Waals surface area contributed by atoms with Gasteiger partial charge < -0.3 is 16.6 Å². The third kappa shape index (κ3) is 6.49. The van der Waals surface area contributed by atoms with Crippen LogP contribution in [0.5, 0.6) is 0 Å². The van der Waals surface area contributed by atoms with Gasteiger partial charge in [-0.3, -0.25) is 4.79 Å². The lowest BCUT2D eigenvalue weighted by Crippen LogP contribution is -2.21. The third-order valence-corrected chi connectivity index (χ3v) is 1.99. The lowest BCUT2D eigenvalue weighted by atomic mass is 10.1. The number of halogens is 1. The van der Waals surface area contributed by atoms with E-state index < -0.39 is 5.97 Å². The molecule has 0 amide bonds. The van der Waals surface area contributed by atoms with Crippen LogP contribution in [-0.2, 0) is 11.2 Å². The van der Waals surface area contributed by atoms with Crippen LogP contribution in [0.15, 0.2) is 34.5 Å². The van der Waals surface area contributed by atoms with E-state index in [2.05, 4.69) is 10.2 Å². The fourth-order valence-corrected chi connectivity index (χ4v) is 1.18. The van der Waals surface area contributed by atoms with Gasteiger partial charge in [0.15, 0.2) is 0 Å². The summed E-state index contributed by atoms with van der Waals surface area (Å²) >= 11 is 0. The first-order chi connectivity index (χ1) is 8.08. The quantitative estimate of drug-likeness (QED) is 0.416. The lowest BCUT2D eigenvalue weighted by molar-refractivity contribution is -0.136. The van der Waals surface area contributed by atoms with Crippen LogP contribution in [0.3, 0.4) is 0 Å². The number of carbonyl (C=O) groups is 1. The van der Waals surface area contributed by atoms with E-state index in [-0.39, 0.29) is 24.8 Å². The summed E-state index contributed by atoms with van der Waals surface area (Å²) in [5.74, 6) is -0.900. The molecule has 0 heterocycles. The summed E-state index contributed by atoms with van der Waals surface area (Å²) in [7, 11) is 0. The lowest BCUT2D eigenvalue weighted by Gasteiger charge is -1.98. The Kier molecular flexibility index (Phi) is 7.14. The largest absolute Gasteiger partial charge is 0.481 e. The van der Waals surface area contributed by atoms with Crippen LogP contribution in [-0.4, -0.2) is 23.2 Å². The maximum absolute atomic E-state index is 10.4. The number of rotatable bonds is 5. The number of hydrogen-bond donors (Lipinski definition) is 3. The molecular formula is C11H15ClN4O2. The van der Waals surface area contributed by atoms with Crippen molar-refractivity contribution in [2.75, 3.05) is 0 Å². The van der Waals surface area contributed by atoms with Crippen molar-refractivity contribution in [3.05, 3.63) is 35.4 Å². The van der Waals surface area contributed by atoms with Crippen LogP contribution < -0.4 is 11.5 Å². The number of nitrogens with zero attached hydrogens (tertiary/aromatic N) is 2. The van der Waals surface area contributed by atoms with Gasteiger partial charge in [0.1, 0.15) is 0 Å². The molecule has 0 saturated heterocycles. The minimum atomic E-state index is -0.802. The number of guanidine groups is 1. The summed E-state index contributed by atoms with van der Waals surface area (Å²) in [5.41, 5.74) is 12.0. The van der Waals surface area contributed by atoms with Gasteiger partial charge in [0.05, 0.1) is 6.21 Å². The molecule has 0 aliphatic carbocycles. The SMILES string of the molecule is Cl.NC(N)=NN=Cc1ccc(CCC(=O)O)cc1. The van der Waals surface area contributed by atoms with E-state index in [9.17, 15) is 4.79 Å². The van der Waals surface area contributed by atoms with Crippen LogP contribution in [0.1, 0.15) is 17.5 Å². The van der Waals surface area contributed by atoms with Crippen LogP contribution in [0, 0.1) is 0 Å². The molecule has 1 rings (SSSR count). The standard InChI is InChI=1S/C11H14N4O2.ClH/c12-11(13)15-14-7-9-3-1-8(2-4-9)5-6-10(16)17;/h1-4,7H,5-6H2,(H,16,17)(H4,12,13,15);1H. The van der Waals surface area contributed by atoms with E-state index in [1.807, 2.05) is 24.3 Å². The number of aliphatic carboxylic acids is 1. The molecule has 0 radical (unpaired) electrons. The number of carboxylic acids is 1. The molecule has 1 aromatic carbocycles. The number of benzene rings is 1. The van der Waals surface area contributed by atoms with Crippen molar-refractivity contribution in [1.29, 1.82) is 0 Å². The molecule has 5 N–H and O–H groups in total. The summed E-state index contributed by atoms with van der Waals surface area (Å²) in [6, 6.07) is 7.34. The normalized spacial score (nSPS) is 9.78. The second-order valence-electron chi connectivity index (χ2n) is 3.40. The van der Waals surface area contributed by atoms with Gasteiger partial charge in [-0.05, 0) is 17.5 Å². The zero-order valence-electron chi connectivity index (χ0n) is 9.61. The number of aryl methyl sites for hydroxylation is 1. The summed E-state index contributed by atoms with van der Waals surface area (Å²) in [6.45, 7) is 0. The molecule has 98 valence electrons. The van der Waals surface area contributed by atoms with E-state index in [0.717, 1.165) is 11.1 Å². The topological polar surface area (TPSA) is 114 Å². The third-order valence-electron chi connectivity index (χ3n) is 1.99. The molecule has 0 aliphatic rings. The fourth-order valence-electron chi connectivity index (χ4n) is 1.18. The van der Waals surface area contributed by atoms with Gasteiger partial charge in [-0.1, -0.05) is 24.3 Å². The first kappa shape index (κ1) is 15.9. The molecule has 0 aromatic heterocycles. The molecular weight excluding hydrogens is 256 g/mol. The van der Waals surface area contributed by atoms with Crippen LogP contribution >= 0.6 is 12.4 Å². The van der Waals surface area contributed by atoms with E-state index in [0.29, 0.717) is 6.42 Å². The van der Waals surface area contributed by atoms with E-state index in [1.165, 1.54) is 6.21 Å². The van der Waals surface area contributed by atoms with E-state index in [1.54, 1.807) is 0 Å². The first-order valence-electron chi connectivity index (χ1n) is 5.00. The second-order valence-corrected chi connectivity index (χ2v) is 3.40. The molecule has 7 heteroatoms. The number of hydrogen-bond acceptors (Lipinski definition) is 3. The Morgan fingerprint density at radius 3 is 2.39 bits per heavy atom. The number of nitrogens with two attached hydrogens (primary N) is 2. The van der Waals surface area contributed by atoms with Crippen LogP contribution in [0.25, 0.3) is 0 Å². The van der Waals surface area contributed by atoms with Gasteiger partial charge in [0.2, 0.25) is 5.96 Å². The predicted octanol–water partition coefficient (Wildman–Crippen LogP) is 0.733. The molecule has 0 spiro atoms. The molecule has 1 aromatic rings. The average molecular weight is 271 g/mol. The molecule has 0 aliphatic heterocycles. The Morgan fingerprint density at radius 2 is 1.89 bits per heavy atom. The maximum atomic E-state index is 10.4. The molecule has 0 saturated carbocycles. The summed E-state index contributed by atoms with van der Waals surface area (Å²) in [5, 5.41) is 15.7. The minimum absolute atomic E-state index is 0. The summed E-state index contributed by atoms with van der Waals surface area (Å²) in [6.07, 6.45) is 2.16. The molecule has 6 nitrogen and oxygen atoms in total. The molecule has 0 bridgehead atoms. The predicted molar refractivity (Wildman–Crippen MR) is 73.1 cm³/mol. The highest BCUT2D eigenvalue weighted by molar-refractivity contribution is 5.85. The van der Waals surface area contributed by atoms with Gasteiger partial charge >= 0.3 is 5.97 Å². The monoisotopic (exact) mass is 270 g/mol. The van der Waals surface area contributed by atoms with Crippen molar-refractivity contribution >= 4 is 30.6 Å². The zero-order valence-corrected chi connectivity index (χ0v) is 10.4. The van der Waals surface area contributed by atoms with Crippen molar-refractivity contribution < 1.29 is 9.90 Å². The molecule has 0 atom stereocenters. The Morgan fingerprint density at radius 1 is 1.28 bits per heavy atom.